The molecule has 7 atom stereocenters. The number of nitrogens with zero attached hydrogens (tertiary/aromatic N) is 3. The number of pyridine rings is 1. The van der Waals surface area contributed by atoms with Crippen molar-refractivity contribution in [3.63, 3.8) is 0 Å². The molecule has 4 fully saturated rings. The van der Waals surface area contributed by atoms with Crippen molar-refractivity contribution in [2.24, 2.45) is 17.8 Å². The van der Waals surface area contributed by atoms with Crippen molar-refractivity contribution in [1.82, 2.24) is 25.2 Å². The topological polar surface area (TPSA) is 206 Å². The predicted octanol–water partition coefficient (Wildman–Crippen LogP) is 4.62. The van der Waals surface area contributed by atoms with Gasteiger partial charge >= 0.3 is 6.09 Å². The van der Waals surface area contributed by atoms with Gasteiger partial charge in [0, 0.05) is 42.1 Å². The van der Waals surface area contributed by atoms with Crippen LogP contribution in [0.1, 0.15) is 65.7 Å². The maximum atomic E-state index is 14.7. The molecule has 2 aromatic carbocycles. The fraction of sp³-hybridized carbons (Fsp3) is 0.533. The number of carbonyl (C=O) groups is 4. The molecule has 332 valence electrons. The maximum absolute atomic E-state index is 14.7. The Labute approximate surface area is 361 Å². The summed E-state index contributed by atoms with van der Waals surface area (Å²) in [6, 6.07) is 13.2. The number of carbonyl (C=O) groups excluding carboxylic acids is 3. The van der Waals surface area contributed by atoms with Gasteiger partial charge in [0.15, 0.2) is 0 Å². The molecule has 4 amide bonds. The minimum Gasteiger partial charge on any atom is -0.497 e. The predicted molar refractivity (Wildman–Crippen MR) is 231 cm³/mol. The van der Waals surface area contributed by atoms with Gasteiger partial charge in [0.25, 0.3) is 5.91 Å². The Balaban J connectivity index is 1.13. The van der Waals surface area contributed by atoms with E-state index in [9.17, 15) is 32.7 Å². The molecule has 2 saturated carbocycles. The number of amides is 4. The first-order valence-electron chi connectivity index (χ1n) is 21.5. The van der Waals surface area contributed by atoms with Crippen LogP contribution in [0.2, 0.25) is 0 Å². The quantitative estimate of drug-likeness (QED) is 0.218. The molecule has 16 nitrogen and oxygen atoms in total. The van der Waals surface area contributed by atoms with E-state index >= 15 is 0 Å². The molecule has 5 aliphatic rings. The van der Waals surface area contributed by atoms with E-state index in [1.807, 2.05) is 68.5 Å². The number of methoxy groups -OCH3 is 1. The monoisotopic (exact) mass is 872 g/mol. The van der Waals surface area contributed by atoms with Gasteiger partial charge in [0.2, 0.25) is 27.7 Å². The number of ether oxygens (including phenoxy) is 3. The summed E-state index contributed by atoms with van der Waals surface area (Å²) in [6.07, 6.45) is 4.51. The molecule has 2 saturated heterocycles. The molecule has 62 heavy (non-hydrogen) atoms. The summed E-state index contributed by atoms with van der Waals surface area (Å²) in [6.45, 7) is 8.26. The summed E-state index contributed by atoms with van der Waals surface area (Å²) < 4.78 is 45.5. The number of hydrogen-bond acceptors (Lipinski definition) is 11. The fourth-order valence-corrected chi connectivity index (χ4v) is 10.4. The highest BCUT2D eigenvalue weighted by molar-refractivity contribution is 7.91. The lowest BCUT2D eigenvalue weighted by Crippen LogP contribution is -2.59. The van der Waals surface area contributed by atoms with Crippen LogP contribution in [0, 0.1) is 17.8 Å². The number of anilines is 1. The third kappa shape index (κ3) is 8.78. The minimum atomic E-state index is -4.03. The lowest BCUT2D eigenvalue weighted by molar-refractivity contribution is -0.142. The minimum absolute atomic E-state index is 0.0193. The number of nitrogens with one attached hydrogen (secondary N) is 3. The third-order valence-electron chi connectivity index (χ3n) is 13.3. The smallest absolute Gasteiger partial charge is 0.405 e. The van der Waals surface area contributed by atoms with E-state index in [1.165, 1.54) is 4.90 Å². The Kier molecular flexibility index (Phi) is 11.9. The van der Waals surface area contributed by atoms with Crippen LogP contribution in [0.25, 0.3) is 22.0 Å². The Morgan fingerprint density at radius 1 is 1.03 bits per heavy atom. The number of morpholine rings is 1. The summed E-state index contributed by atoms with van der Waals surface area (Å²) in [5.41, 5.74) is 0.963. The summed E-state index contributed by atoms with van der Waals surface area (Å²) in [7, 11) is -2.45. The van der Waals surface area contributed by atoms with Gasteiger partial charge in [0.1, 0.15) is 29.5 Å². The van der Waals surface area contributed by atoms with Crippen molar-refractivity contribution in [1.29, 1.82) is 0 Å². The van der Waals surface area contributed by atoms with Crippen molar-refractivity contribution in [2.75, 3.05) is 44.9 Å². The number of fused-ring (bicyclic) bond motifs is 3. The lowest BCUT2D eigenvalue weighted by Gasteiger charge is -2.32. The maximum Gasteiger partial charge on any atom is 0.405 e. The number of rotatable bonds is 9. The van der Waals surface area contributed by atoms with E-state index in [-0.39, 0.29) is 31.2 Å². The first kappa shape index (κ1) is 43.2. The normalized spacial score (nSPS) is 29.2. The second-order valence-corrected chi connectivity index (χ2v) is 20.1. The van der Waals surface area contributed by atoms with Gasteiger partial charge in [0.05, 0.1) is 37.3 Å². The Morgan fingerprint density at radius 3 is 2.47 bits per heavy atom. The molecule has 0 unspecified atom stereocenters. The van der Waals surface area contributed by atoms with Gasteiger partial charge in [-0.25, -0.2) is 18.2 Å². The third-order valence-corrected chi connectivity index (χ3v) is 15.5. The van der Waals surface area contributed by atoms with Crippen LogP contribution in [0.15, 0.2) is 60.7 Å². The zero-order valence-electron chi connectivity index (χ0n) is 35.6. The van der Waals surface area contributed by atoms with Crippen LogP contribution < -0.4 is 29.7 Å². The van der Waals surface area contributed by atoms with E-state index in [1.54, 1.807) is 20.1 Å². The first-order chi connectivity index (χ1) is 29.6. The standard InChI is InChI=1S/C45H56N6O10S/c1-27-7-5-6-8-31-25-45(31,42(54)49-62(57,58)44(3)15-16-44)48-39(52)37-24-34(26-51(37)41(53)38(28(2)21-27)47-43(55)56)61-40-35-14-13-33(59-4)22-30(35)23-36(46-40)29-9-11-32(12-10-29)50-17-19-60-20-18-50/h6,8-14,22-23,27-28,31,34,37-38,47H,5,7,15-21,24-26H2,1-4H3,(H,48,52)(H,49,54)(H,55,56)/b8-6-/t27-,28+,31+,34+,37-,38-,45+/m0/s1. The van der Waals surface area contributed by atoms with Crippen molar-refractivity contribution in [3.05, 3.63) is 60.7 Å². The number of allylic oxidation sites excluding steroid dienone is 1. The Morgan fingerprint density at radius 2 is 1.77 bits per heavy atom. The number of aromatic nitrogens is 1. The van der Waals surface area contributed by atoms with Crippen LogP contribution in [0.5, 0.6) is 11.6 Å². The molecule has 2 aliphatic carbocycles. The van der Waals surface area contributed by atoms with Gasteiger partial charge in [-0.05, 0) is 99.1 Å². The van der Waals surface area contributed by atoms with Crippen molar-refractivity contribution < 1.29 is 46.9 Å². The van der Waals surface area contributed by atoms with Crippen molar-refractivity contribution in [3.8, 4) is 22.9 Å². The number of carboxylic acid groups (broad SMARTS) is 1. The molecule has 17 heteroatoms. The summed E-state index contributed by atoms with van der Waals surface area (Å²) in [4.78, 5) is 64.1. The molecule has 0 radical (unpaired) electrons. The SMILES string of the molecule is COc1ccc2c(O[C@@H]3C[C@H]4C(=O)N[C@]5(C(=O)NS(=O)(=O)C6(C)CC6)C[C@H]5/C=C\CC[C@H](C)C[C@@H](C)[C@H](NC(=O)O)C(=O)N4C3)nc(-c3ccc(N4CCOCC4)cc3)cc2c1. The van der Waals surface area contributed by atoms with Crippen LogP contribution in [0.4, 0.5) is 10.5 Å². The molecular weight excluding hydrogens is 817 g/mol. The zero-order chi connectivity index (χ0) is 44.0. The summed E-state index contributed by atoms with van der Waals surface area (Å²) in [5, 5.41) is 16.7. The van der Waals surface area contributed by atoms with Crippen molar-refractivity contribution in [2.45, 2.75) is 94.2 Å². The van der Waals surface area contributed by atoms with Crippen LogP contribution in [0.3, 0.4) is 0 Å². The average Bonchev–Trinajstić information content (AvgIpc) is 4.14. The Bertz CT molecular complexity index is 2370. The Hall–Kier alpha value is -5.42. The van der Waals surface area contributed by atoms with Crippen LogP contribution in [-0.2, 0) is 29.1 Å². The van der Waals surface area contributed by atoms with Crippen LogP contribution >= 0.6 is 0 Å². The molecule has 1 aromatic heterocycles. The highest BCUT2D eigenvalue weighted by Crippen LogP contribution is 2.48. The first-order valence-corrected chi connectivity index (χ1v) is 23.0. The van der Waals surface area contributed by atoms with Gasteiger partial charge in [-0.2, -0.15) is 0 Å². The van der Waals surface area contributed by atoms with E-state index in [0.29, 0.717) is 55.7 Å². The molecule has 3 aromatic rings. The van der Waals surface area contributed by atoms with E-state index in [2.05, 4.69) is 20.3 Å². The lowest BCUT2D eigenvalue weighted by atomic mass is 9.88. The number of hydrogen-bond donors (Lipinski definition) is 4. The second-order valence-electron chi connectivity index (χ2n) is 17.9. The van der Waals surface area contributed by atoms with E-state index in [4.69, 9.17) is 19.2 Å². The van der Waals surface area contributed by atoms with Gasteiger partial charge < -0.3 is 39.8 Å². The highest BCUT2D eigenvalue weighted by Gasteiger charge is 2.63. The second kappa shape index (κ2) is 17.0. The molecule has 4 N–H and O–H groups in total. The summed E-state index contributed by atoms with van der Waals surface area (Å²) in [5.74, 6) is -2.01. The molecule has 3 aliphatic heterocycles. The largest absolute Gasteiger partial charge is 0.497 e. The highest BCUT2D eigenvalue weighted by atomic mass is 32.2. The number of benzene rings is 2. The summed E-state index contributed by atoms with van der Waals surface area (Å²) >= 11 is 0. The fourth-order valence-electron chi connectivity index (χ4n) is 9.12. The molecule has 0 bridgehead atoms. The van der Waals surface area contributed by atoms with Gasteiger partial charge in [-0.1, -0.05) is 38.1 Å². The molecule has 0 spiro atoms. The van der Waals surface area contributed by atoms with E-state index in [0.717, 1.165) is 36.1 Å². The molecule has 8 rings (SSSR count). The zero-order valence-corrected chi connectivity index (χ0v) is 36.4. The van der Waals surface area contributed by atoms with Gasteiger partial charge in [-0.3, -0.25) is 19.1 Å². The van der Waals surface area contributed by atoms with E-state index < -0.39 is 74.1 Å². The molecular formula is C45H56N6O10S. The van der Waals surface area contributed by atoms with Crippen molar-refractivity contribution >= 4 is 50.3 Å². The number of sulfonamides is 1. The van der Waals surface area contributed by atoms with Crippen LogP contribution in [-0.4, -0.2) is 116 Å². The van der Waals surface area contributed by atoms with Gasteiger partial charge in [-0.15, -0.1) is 0 Å². The average molecular weight is 873 g/mol. The molecule has 4 heterocycles.